The first-order valence-electron chi connectivity index (χ1n) is 6.99. The fraction of sp³-hybridized carbons (Fsp3) is 0.438. The number of aromatic nitrogens is 1. The summed E-state index contributed by atoms with van der Waals surface area (Å²) in [6, 6.07) is 10.5. The van der Waals surface area contributed by atoms with Crippen LogP contribution in [0, 0.1) is 0 Å². The van der Waals surface area contributed by atoms with Crippen molar-refractivity contribution < 1.29 is 0 Å². The molecule has 2 rings (SSSR count). The molecule has 0 unspecified atom stereocenters. The lowest BCUT2D eigenvalue weighted by Gasteiger charge is -2.07. The van der Waals surface area contributed by atoms with Crippen molar-refractivity contribution in [3.8, 4) is 0 Å². The van der Waals surface area contributed by atoms with Crippen LogP contribution < -0.4 is 5.32 Å². The average molecular weight is 242 g/mol. The lowest BCUT2D eigenvalue weighted by atomic mass is 10.1. The zero-order valence-electron chi connectivity index (χ0n) is 11.2. The Balaban J connectivity index is 1.81. The van der Waals surface area contributed by atoms with E-state index in [1.165, 1.54) is 43.2 Å². The van der Waals surface area contributed by atoms with E-state index in [0.29, 0.717) is 0 Å². The van der Waals surface area contributed by atoms with E-state index in [1.54, 1.807) is 0 Å². The monoisotopic (exact) mass is 242 g/mol. The van der Waals surface area contributed by atoms with Gasteiger partial charge in [-0.25, -0.2) is 0 Å². The molecule has 0 aliphatic carbocycles. The predicted molar refractivity (Wildman–Crippen MR) is 79.0 cm³/mol. The summed E-state index contributed by atoms with van der Waals surface area (Å²) in [5.41, 5.74) is 2.26. The zero-order chi connectivity index (χ0) is 12.6. The van der Waals surface area contributed by atoms with Gasteiger partial charge in [-0.3, -0.25) is 4.98 Å². The van der Waals surface area contributed by atoms with Gasteiger partial charge in [-0.1, -0.05) is 38.7 Å². The second kappa shape index (κ2) is 7.00. The van der Waals surface area contributed by atoms with Crippen LogP contribution in [-0.2, 0) is 0 Å². The minimum absolute atomic E-state index is 1.06. The Morgan fingerprint density at radius 2 is 1.94 bits per heavy atom. The van der Waals surface area contributed by atoms with Crippen molar-refractivity contribution in [1.82, 2.24) is 4.98 Å². The second-order valence-corrected chi connectivity index (χ2v) is 4.75. The van der Waals surface area contributed by atoms with Crippen LogP contribution in [0.2, 0.25) is 0 Å². The van der Waals surface area contributed by atoms with Crippen LogP contribution in [-0.4, -0.2) is 11.5 Å². The van der Waals surface area contributed by atoms with Gasteiger partial charge in [-0.2, -0.15) is 0 Å². The molecule has 2 nitrogen and oxygen atoms in total. The van der Waals surface area contributed by atoms with Crippen LogP contribution in [0.4, 0.5) is 5.69 Å². The van der Waals surface area contributed by atoms with E-state index in [9.17, 15) is 0 Å². The molecule has 1 N–H and O–H groups in total. The molecule has 2 aromatic rings. The predicted octanol–water partition coefficient (Wildman–Crippen LogP) is 4.62. The molecule has 0 radical (unpaired) electrons. The number of nitrogens with one attached hydrogen (secondary N) is 1. The Kier molecular flexibility index (Phi) is 5.00. The number of fused-ring (bicyclic) bond motifs is 1. The van der Waals surface area contributed by atoms with Crippen molar-refractivity contribution in [2.45, 2.75) is 39.0 Å². The molecule has 0 saturated heterocycles. The van der Waals surface area contributed by atoms with E-state index in [-0.39, 0.29) is 0 Å². The standard InChI is InChI=1S/C16H22N2/c1-2-3-4-5-6-11-17-15-9-10-16-14(13-15)8-7-12-18-16/h7-10,12-13,17H,2-6,11H2,1H3. The summed E-state index contributed by atoms with van der Waals surface area (Å²) in [5.74, 6) is 0. The molecule has 1 heterocycles. The van der Waals surface area contributed by atoms with E-state index in [2.05, 4.69) is 41.5 Å². The van der Waals surface area contributed by atoms with Gasteiger partial charge >= 0.3 is 0 Å². The Morgan fingerprint density at radius 3 is 2.83 bits per heavy atom. The summed E-state index contributed by atoms with van der Waals surface area (Å²) in [6.07, 6.45) is 8.46. The molecular weight excluding hydrogens is 220 g/mol. The van der Waals surface area contributed by atoms with E-state index >= 15 is 0 Å². The van der Waals surface area contributed by atoms with E-state index in [0.717, 1.165) is 12.1 Å². The number of hydrogen-bond donors (Lipinski definition) is 1. The smallest absolute Gasteiger partial charge is 0.0703 e. The van der Waals surface area contributed by atoms with Gasteiger partial charge in [0, 0.05) is 23.8 Å². The molecule has 0 aliphatic rings. The Hall–Kier alpha value is -1.57. The normalized spacial score (nSPS) is 10.7. The number of hydrogen-bond acceptors (Lipinski definition) is 2. The zero-order valence-corrected chi connectivity index (χ0v) is 11.2. The quantitative estimate of drug-likeness (QED) is 0.717. The fourth-order valence-electron chi connectivity index (χ4n) is 2.15. The first-order valence-corrected chi connectivity index (χ1v) is 6.99. The number of unbranched alkanes of at least 4 members (excludes halogenated alkanes) is 4. The highest BCUT2D eigenvalue weighted by Gasteiger charge is 1.96. The maximum atomic E-state index is 4.32. The molecule has 1 aromatic carbocycles. The minimum Gasteiger partial charge on any atom is -0.385 e. The summed E-state index contributed by atoms with van der Waals surface area (Å²) < 4.78 is 0. The van der Waals surface area contributed by atoms with Crippen molar-refractivity contribution in [1.29, 1.82) is 0 Å². The summed E-state index contributed by atoms with van der Waals surface area (Å²) in [4.78, 5) is 4.32. The maximum Gasteiger partial charge on any atom is 0.0703 e. The summed E-state index contributed by atoms with van der Waals surface area (Å²) in [7, 11) is 0. The molecule has 0 fully saturated rings. The van der Waals surface area contributed by atoms with Crippen LogP contribution in [0.25, 0.3) is 10.9 Å². The van der Waals surface area contributed by atoms with E-state index in [4.69, 9.17) is 0 Å². The van der Waals surface area contributed by atoms with Crippen LogP contribution in [0.15, 0.2) is 36.5 Å². The third kappa shape index (κ3) is 3.73. The molecule has 0 saturated carbocycles. The van der Waals surface area contributed by atoms with Gasteiger partial charge in [0.15, 0.2) is 0 Å². The Morgan fingerprint density at radius 1 is 1.06 bits per heavy atom. The number of anilines is 1. The van der Waals surface area contributed by atoms with Gasteiger partial charge in [-0.15, -0.1) is 0 Å². The summed E-state index contributed by atoms with van der Waals surface area (Å²) >= 11 is 0. The Bertz CT molecular complexity index is 479. The highest BCUT2D eigenvalue weighted by atomic mass is 14.9. The van der Waals surface area contributed by atoms with E-state index < -0.39 is 0 Å². The number of nitrogens with zero attached hydrogens (tertiary/aromatic N) is 1. The van der Waals surface area contributed by atoms with Gasteiger partial charge < -0.3 is 5.32 Å². The third-order valence-electron chi connectivity index (χ3n) is 3.21. The van der Waals surface area contributed by atoms with Crippen molar-refractivity contribution >= 4 is 16.6 Å². The highest BCUT2D eigenvalue weighted by molar-refractivity contribution is 5.82. The SMILES string of the molecule is CCCCCCCNc1ccc2ncccc2c1. The lowest BCUT2D eigenvalue weighted by molar-refractivity contribution is 0.645. The first-order chi connectivity index (χ1) is 8.90. The average Bonchev–Trinajstić information content (AvgIpc) is 2.42. The summed E-state index contributed by atoms with van der Waals surface area (Å²) in [6.45, 7) is 3.32. The van der Waals surface area contributed by atoms with Crippen molar-refractivity contribution in [2.24, 2.45) is 0 Å². The molecule has 0 bridgehead atoms. The molecule has 0 spiro atoms. The number of pyridine rings is 1. The molecular formula is C16H22N2. The highest BCUT2D eigenvalue weighted by Crippen LogP contribution is 2.17. The van der Waals surface area contributed by atoms with Crippen LogP contribution in [0.3, 0.4) is 0 Å². The van der Waals surface area contributed by atoms with Gasteiger partial charge in [0.1, 0.15) is 0 Å². The second-order valence-electron chi connectivity index (χ2n) is 4.75. The maximum absolute atomic E-state index is 4.32. The molecule has 1 aromatic heterocycles. The third-order valence-corrected chi connectivity index (χ3v) is 3.21. The summed E-state index contributed by atoms with van der Waals surface area (Å²) in [5, 5.41) is 4.69. The molecule has 0 aliphatic heterocycles. The Labute approximate surface area is 109 Å². The van der Waals surface area contributed by atoms with Crippen molar-refractivity contribution in [2.75, 3.05) is 11.9 Å². The number of rotatable bonds is 7. The molecule has 0 atom stereocenters. The minimum atomic E-state index is 1.06. The van der Waals surface area contributed by atoms with Crippen LogP contribution in [0.1, 0.15) is 39.0 Å². The number of benzene rings is 1. The molecule has 2 heteroatoms. The molecule has 0 amide bonds. The van der Waals surface area contributed by atoms with Crippen LogP contribution >= 0.6 is 0 Å². The molecule has 18 heavy (non-hydrogen) atoms. The lowest BCUT2D eigenvalue weighted by Crippen LogP contribution is -2.01. The van der Waals surface area contributed by atoms with Gasteiger partial charge in [0.25, 0.3) is 0 Å². The van der Waals surface area contributed by atoms with Gasteiger partial charge in [0.2, 0.25) is 0 Å². The first kappa shape index (κ1) is 12.9. The van der Waals surface area contributed by atoms with Crippen molar-refractivity contribution in [3.05, 3.63) is 36.5 Å². The van der Waals surface area contributed by atoms with Gasteiger partial charge in [0.05, 0.1) is 5.52 Å². The molecule has 96 valence electrons. The largest absolute Gasteiger partial charge is 0.385 e. The topological polar surface area (TPSA) is 24.9 Å². The fourth-order valence-corrected chi connectivity index (χ4v) is 2.15. The van der Waals surface area contributed by atoms with Crippen LogP contribution in [0.5, 0.6) is 0 Å². The van der Waals surface area contributed by atoms with E-state index in [1.807, 2.05) is 12.3 Å². The van der Waals surface area contributed by atoms with Crippen molar-refractivity contribution in [3.63, 3.8) is 0 Å². The van der Waals surface area contributed by atoms with Gasteiger partial charge in [-0.05, 0) is 30.7 Å².